The molecule has 2 unspecified atom stereocenters. The molecule has 0 saturated heterocycles. The van der Waals surface area contributed by atoms with Gasteiger partial charge in [-0.05, 0) is 31.6 Å². The minimum Gasteiger partial charge on any atom is -0.345 e. The molecule has 0 aromatic carbocycles. The van der Waals surface area contributed by atoms with Crippen LogP contribution < -0.4 is 5.73 Å². The Morgan fingerprint density at radius 1 is 1.47 bits per heavy atom. The Morgan fingerprint density at radius 2 is 2.18 bits per heavy atom. The van der Waals surface area contributed by atoms with Crippen molar-refractivity contribution < 1.29 is 4.79 Å². The molecular weight excluding hydrogens is 212 g/mol. The quantitative estimate of drug-likeness (QED) is 0.746. The maximum absolute atomic E-state index is 12.1. The molecule has 17 heavy (non-hydrogen) atoms. The van der Waals surface area contributed by atoms with Gasteiger partial charge in [-0.3, -0.25) is 4.79 Å². The van der Waals surface area contributed by atoms with E-state index in [2.05, 4.69) is 26.0 Å². The summed E-state index contributed by atoms with van der Waals surface area (Å²) in [6.45, 7) is 5.02. The molecule has 1 amide bonds. The van der Waals surface area contributed by atoms with Crippen molar-refractivity contribution in [1.82, 2.24) is 4.90 Å². The molecule has 3 nitrogen and oxygen atoms in total. The summed E-state index contributed by atoms with van der Waals surface area (Å²) in [6, 6.07) is 0.191. The van der Waals surface area contributed by atoms with Gasteiger partial charge in [-0.25, -0.2) is 0 Å². The van der Waals surface area contributed by atoms with Crippen molar-refractivity contribution in [2.45, 2.75) is 45.6 Å². The Hall–Kier alpha value is -0.830. The Kier molecular flexibility index (Phi) is 5.69. The highest BCUT2D eigenvalue weighted by Gasteiger charge is 2.22. The second-order valence-corrected chi connectivity index (χ2v) is 5.44. The van der Waals surface area contributed by atoms with E-state index >= 15 is 0 Å². The third kappa shape index (κ3) is 4.50. The third-order valence-corrected chi connectivity index (χ3v) is 3.65. The van der Waals surface area contributed by atoms with Crippen molar-refractivity contribution in [3.63, 3.8) is 0 Å². The van der Waals surface area contributed by atoms with E-state index in [1.807, 2.05) is 11.9 Å². The van der Waals surface area contributed by atoms with Crippen molar-refractivity contribution in [3.05, 3.63) is 12.2 Å². The van der Waals surface area contributed by atoms with Crippen LogP contribution in [0.15, 0.2) is 12.2 Å². The van der Waals surface area contributed by atoms with E-state index in [1.165, 1.54) is 0 Å². The smallest absolute Gasteiger partial charge is 0.225 e. The molecule has 1 rings (SSSR count). The Labute approximate surface area is 105 Å². The summed E-state index contributed by atoms with van der Waals surface area (Å²) >= 11 is 0. The number of amides is 1. The summed E-state index contributed by atoms with van der Waals surface area (Å²) in [5, 5.41) is 0. The molecule has 0 aliphatic heterocycles. The van der Waals surface area contributed by atoms with Gasteiger partial charge in [0.1, 0.15) is 0 Å². The van der Waals surface area contributed by atoms with Crippen LogP contribution in [0.2, 0.25) is 0 Å². The number of carbonyl (C=O) groups is 1. The van der Waals surface area contributed by atoms with Crippen molar-refractivity contribution >= 4 is 5.91 Å². The second kappa shape index (κ2) is 6.80. The molecule has 0 bridgehead atoms. The van der Waals surface area contributed by atoms with Crippen LogP contribution in [0, 0.1) is 11.8 Å². The topological polar surface area (TPSA) is 46.3 Å². The van der Waals surface area contributed by atoms with Crippen molar-refractivity contribution in [3.8, 4) is 0 Å². The molecule has 0 aromatic heterocycles. The molecule has 3 heteroatoms. The summed E-state index contributed by atoms with van der Waals surface area (Å²) < 4.78 is 0. The maximum atomic E-state index is 12.1. The predicted octanol–water partition coefficient (Wildman–Crippen LogP) is 2.17. The first-order chi connectivity index (χ1) is 8.02. The van der Waals surface area contributed by atoms with Crippen LogP contribution in [0.5, 0.6) is 0 Å². The van der Waals surface area contributed by atoms with Gasteiger partial charge < -0.3 is 10.6 Å². The number of nitrogens with two attached hydrogens (primary N) is 1. The van der Waals surface area contributed by atoms with E-state index in [1.54, 1.807) is 0 Å². The lowest BCUT2D eigenvalue weighted by atomic mass is 9.93. The maximum Gasteiger partial charge on any atom is 0.225 e. The molecule has 98 valence electrons. The molecule has 0 spiro atoms. The van der Waals surface area contributed by atoms with Crippen molar-refractivity contribution in [2.24, 2.45) is 17.6 Å². The van der Waals surface area contributed by atoms with Gasteiger partial charge in [-0.15, -0.1) is 0 Å². The van der Waals surface area contributed by atoms with Gasteiger partial charge in [-0.2, -0.15) is 0 Å². The fraction of sp³-hybridized carbons (Fsp3) is 0.786. The van der Waals surface area contributed by atoms with Gasteiger partial charge in [0.15, 0.2) is 0 Å². The van der Waals surface area contributed by atoms with Crippen LogP contribution in [0.1, 0.15) is 39.5 Å². The monoisotopic (exact) mass is 238 g/mol. The minimum atomic E-state index is 0.191. The fourth-order valence-corrected chi connectivity index (χ4v) is 2.12. The number of rotatable bonds is 5. The summed E-state index contributed by atoms with van der Waals surface area (Å²) in [5.74, 6) is 0.960. The average molecular weight is 238 g/mol. The van der Waals surface area contributed by atoms with E-state index in [-0.39, 0.29) is 17.9 Å². The van der Waals surface area contributed by atoms with Crippen LogP contribution in [0.25, 0.3) is 0 Å². The van der Waals surface area contributed by atoms with Crippen LogP contribution in [0.4, 0.5) is 0 Å². The van der Waals surface area contributed by atoms with Crippen molar-refractivity contribution in [1.29, 1.82) is 0 Å². The molecule has 1 aliphatic carbocycles. The summed E-state index contributed by atoms with van der Waals surface area (Å²) in [4.78, 5) is 14.0. The highest BCUT2D eigenvalue weighted by molar-refractivity contribution is 5.78. The van der Waals surface area contributed by atoms with Gasteiger partial charge in [-0.1, -0.05) is 26.0 Å². The zero-order chi connectivity index (χ0) is 12.8. The van der Waals surface area contributed by atoms with Crippen LogP contribution >= 0.6 is 0 Å². The highest BCUT2D eigenvalue weighted by Crippen LogP contribution is 2.20. The van der Waals surface area contributed by atoms with Crippen molar-refractivity contribution in [2.75, 3.05) is 13.6 Å². The molecule has 1 aliphatic rings. The summed E-state index contributed by atoms with van der Waals surface area (Å²) in [5.41, 5.74) is 5.99. The van der Waals surface area contributed by atoms with E-state index < -0.39 is 0 Å². The van der Waals surface area contributed by atoms with Gasteiger partial charge in [0, 0.05) is 25.6 Å². The fourth-order valence-electron chi connectivity index (χ4n) is 2.12. The molecule has 0 heterocycles. The first-order valence-electron chi connectivity index (χ1n) is 6.68. The zero-order valence-electron chi connectivity index (χ0n) is 11.4. The number of hydrogen-bond acceptors (Lipinski definition) is 2. The lowest BCUT2D eigenvalue weighted by molar-refractivity contribution is -0.134. The summed E-state index contributed by atoms with van der Waals surface area (Å²) in [7, 11) is 1.90. The molecular formula is C14H26N2O. The molecule has 2 N–H and O–H groups in total. The van der Waals surface area contributed by atoms with Crippen LogP contribution in [-0.2, 0) is 4.79 Å². The van der Waals surface area contributed by atoms with Gasteiger partial charge in [0.05, 0.1) is 0 Å². The molecule has 0 saturated carbocycles. The van der Waals surface area contributed by atoms with E-state index in [0.717, 1.165) is 32.2 Å². The van der Waals surface area contributed by atoms with Gasteiger partial charge >= 0.3 is 0 Å². The lowest BCUT2D eigenvalue weighted by Crippen LogP contribution is -2.37. The number of allylic oxidation sites excluding steroid dienone is 2. The minimum absolute atomic E-state index is 0.191. The second-order valence-electron chi connectivity index (χ2n) is 5.44. The van der Waals surface area contributed by atoms with E-state index in [0.29, 0.717) is 5.92 Å². The normalized spacial score (nSPS) is 21.6. The SMILES string of the molecule is CC(C)C(N)CCN(C)C(=O)C1CC=CCC1. The van der Waals surface area contributed by atoms with E-state index in [9.17, 15) is 4.79 Å². The van der Waals surface area contributed by atoms with Gasteiger partial charge in [0.2, 0.25) is 5.91 Å². The third-order valence-electron chi connectivity index (χ3n) is 3.65. The van der Waals surface area contributed by atoms with Gasteiger partial charge in [0.25, 0.3) is 0 Å². The molecule has 0 aromatic rings. The number of carbonyl (C=O) groups excluding carboxylic acids is 1. The first-order valence-corrected chi connectivity index (χ1v) is 6.68. The molecule has 2 atom stereocenters. The lowest BCUT2D eigenvalue weighted by Gasteiger charge is -2.26. The van der Waals surface area contributed by atoms with Crippen LogP contribution in [0.3, 0.4) is 0 Å². The average Bonchev–Trinajstić information content (AvgIpc) is 2.35. The van der Waals surface area contributed by atoms with E-state index in [4.69, 9.17) is 5.73 Å². The predicted molar refractivity (Wildman–Crippen MR) is 71.5 cm³/mol. The molecule has 0 fully saturated rings. The number of nitrogens with zero attached hydrogens (tertiary/aromatic N) is 1. The number of hydrogen-bond donors (Lipinski definition) is 1. The standard InChI is InChI=1S/C14H26N2O/c1-11(2)13(15)9-10-16(3)14(17)12-7-5-4-6-8-12/h4-5,11-13H,6-10,15H2,1-3H3. The first kappa shape index (κ1) is 14.2. The largest absolute Gasteiger partial charge is 0.345 e. The Bertz CT molecular complexity index is 273. The highest BCUT2D eigenvalue weighted by atomic mass is 16.2. The Morgan fingerprint density at radius 3 is 2.71 bits per heavy atom. The molecule has 0 radical (unpaired) electrons. The van der Waals surface area contributed by atoms with Crippen LogP contribution in [-0.4, -0.2) is 30.4 Å². The Balaban J connectivity index is 2.34. The zero-order valence-corrected chi connectivity index (χ0v) is 11.4. The summed E-state index contributed by atoms with van der Waals surface area (Å²) in [6.07, 6.45) is 8.12.